The molecule has 5 nitrogen and oxygen atoms in total. The van der Waals surface area contributed by atoms with Gasteiger partial charge in [-0.05, 0) is 24.6 Å². The third kappa shape index (κ3) is 3.58. The lowest BCUT2D eigenvalue weighted by molar-refractivity contribution is 0.397. The first-order valence-electron chi connectivity index (χ1n) is 5.97. The van der Waals surface area contributed by atoms with Crippen LogP contribution in [-0.4, -0.2) is 24.2 Å². The average Bonchev–Trinajstić information content (AvgIpc) is 2.45. The predicted molar refractivity (Wildman–Crippen MR) is 73.6 cm³/mol. The minimum Gasteiger partial charge on any atom is -0.497 e. The molecular formula is C14H17N3O2. The zero-order valence-corrected chi connectivity index (χ0v) is 11.3. The maximum atomic E-state index is 5.12. The number of methoxy groups -OCH3 is 2. The fourth-order valence-corrected chi connectivity index (χ4v) is 1.65. The monoisotopic (exact) mass is 259 g/mol. The molecule has 0 radical (unpaired) electrons. The lowest BCUT2D eigenvalue weighted by atomic mass is 10.2. The van der Waals surface area contributed by atoms with E-state index < -0.39 is 0 Å². The van der Waals surface area contributed by atoms with E-state index in [1.807, 2.05) is 31.2 Å². The van der Waals surface area contributed by atoms with E-state index in [4.69, 9.17) is 9.47 Å². The quantitative estimate of drug-likeness (QED) is 0.893. The van der Waals surface area contributed by atoms with E-state index in [0.29, 0.717) is 18.4 Å². The summed E-state index contributed by atoms with van der Waals surface area (Å²) >= 11 is 0. The van der Waals surface area contributed by atoms with E-state index in [9.17, 15) is 0 Å². The van der Waals surface area contributed by atoms with Gasteiger partial charge in [-0.25, -0.2) is 4.98 Å². The van der Waals surface area contributed by atoms with Gasteiger partial charge in [0.2, 0.25) is 11.8 Å². The number of ether oxygens (including phenoxy) is 2. The molecular weight excluding hydrogens is 242 g/mol. The van der Waals surface area contributed by atoms with Crippen LogP contribution >= 0.6 is 0 Å². The molecule has 19 heavy (non-hydrogen) atoms. The zero-order chi connectivity index (χ0) is 13.7. The second-order valence-corrected chi connectivity index (χ2v) is 4.08. The molecule has 0 bridgehead atoms. The van der Waals surface area contributed by atoms with Crippen LogP contribution in [0.1, 0.15) is 11.3 Å². The van der Waals surface area contributed by atoms with E-state index in [-0.39, 0.29) is 0 Å². The summed E-state index contributed by atoms with van der Waals surface area (Å²) in [6.45, 7) is 2.55. The van der Waals surface area contributed by atoms with Crippen LogP contribution in [0.2, 0.25) is 0 Å². The number of benzene rings is 1. The highest BCUT2D eigenvalue weighted by molar-refractivity contribution is 5.33. The van der Waals surface area contributed by atoms with Crippen molar-refractivity contribution in [2.24, 2.45) is 0 Å². The second kappa shape index (κ2) is 6.04. The number of nitrogens with zero attached hydrogens (tertiary/aromatic N) is 2. The summed E-state index contributed by atoms with van der Waals surface area (Å²) in [5, 5.41) is 3.17. The molecule has 2 rings (SSSR count). The van der Waals surface area contributed by atoms with Crippen molar-refractivity contribution in [3.05, 3.63) is 41.6 Å². The van der Waals surface area contributed by atoms with Gasteiger partial charge in [-0.1, -0.05) is 12.1 Å². The Kier molecular flexibility index (Phi) is 4.18. The van der Waals surface area contributed by atoms with E-state index >= 15 is 0 Å². The van der Waals surface area contributed by atoms with Crippen LogP contribution in [0, 0.1) is 6.92 Å². The molecule has 0 fully saturated rings. The SMILES string of the molecule is COc1ccc(CNc2nc(C)cc(OC)n2)cc1. The van der Waals surface area contributed by atoms with Crippen LogP contribution in [0.5, 0.6) is 11.6 Å². The number of nitrogens with one attached hydrogen (secondary N) is 1. The van der Waals surface area contributed by atoms with Crippen LogP contribution in [0.3, 0.4) is 0 Å². The topological polar surface area (TPSA) is 56.3 Å². The van der Waals surface area contributed by atoms with Crippen LogP contribution < -0.4 is 14.8 Å². The molecule has 0 aliphatic carbocycles. The summed E-state index contributed by atoms with van der Waals surface area (Å²) in [4.78, 5) is 8.54. The van der Waals surface area contributed by atoms with Gasteiger partial charge in [0.05, 0.1) is 14.2 Å². The third-order valence-corrected chi connectivity index (χ3v) is 2.65. The Morgan fingerprint density at radius 1 is 1.05 bits per heavy atom. The number of aromatic nitrogens is 2. The van der Waals surface area contributed by atoms with Gasteiger partial charge in [-0.15, -0.1) is 0 Å². The smallest absolute Gasteiger partial charge is 0.226 e. The van der Waals surface area contributed by atoms with Crippen molar-refractivity contribution in [3.8, 4) is 11.6 Å². The molecule has 0 aliphatic heterocycles. The fourth-order valence-electron chi connectivity index (χ4n) is 1.65. The first-order chi connectivity index (χ1) is 9.21. The van der Waals surface area contributed by atoms with Crippen LogP contribution in [0.15, 0.2) is 30.3 Å². The average molecular weight is 259 g/mol. The van der Waals surface area contributed by atoms with Crippen LogP contribution in [0.4, 0.5) is 5.95 Å². The Morgan fingerprint density at radius 2 is 1.79 bits per heavy atom. The van der Waals surface area contributed by atoms with Gasteiger partial charge in [0.15, 0.2) is 0 Å². The second-order valence-electron chi connectivity index (χ2n) is 4.08. The number of aryl methyl sites for hydroxylation is 1. The minimum atomic E-state index is 0.560. The number of hydrogen-bond donors (Lipinski definition) is 1. The molecule has 0 atom stereocenters. The lowest BCUT2D eigenvalue weighted by Crippen LogP contribution is -2.05. The Labute approximate surface area is 112 Å². The van der Waals surface area contributed by atoms with Gasteiger partial charge < -0.3 is 14.8 Å². The molecule has 5 heteroatoms. The maximum Gasteiger partial charge on any atom is 0.226 e. The Balaban J connectivity index is 2.03. The van der Waals surface area contributed by atoms with Gasteiger partial charge in [0.1, 0.15) is 5.75 Å². The normalized spacial score (nSPS) is 10.1. The fraction of sp³-hybridized carbons (Fsp3) is 0.286. The van der Waals surface area contributed by atoms with Gasteiger partial charge >= 0.3 is 0 Å². The zero-order valence-electron chi connectivity index (χ0n) is 11.3. The molecule has 100 valence electrons. The van der Waals surface area contributed by atoms with Gasteiger partial charge in [-0.2, -0.15) is 4.98 Å². The first-order valence-corrected chi connectivity index (χ1v) is 5.97. The van der Waals surface area contributed by atoms with Crippen LogP contribution in [0.25, 0.3) is 0 Å². The van der Waals surface area contributed by atoms with Crippen molar-refractivity contribution in [1.29, 1.82) is 0 Å². The van der Waals surface area contributed by atoms with Crippen molar-refractivity contribution < 1.29 is 9.47 Å². The predicted octanol–water partition coefficient (Wildman–Crippen LogP) is 2.41. The van der Waals surface area contributed by atoms with E-state index in [2.05, 4.69) is 15.3 Å². The van der Waals surface area contributed by atoms with E-state index in [1.165, 1.54) is 0 Å². The lowest BCUT2D eigenvalue weighted by Gasteiger charge is -2.08. The molecule has 0 amide bonds. The van der Waals surface area contributed by atoms with Crippen molar-refractivity contribution >= 4 is 5.95 Å². The molecule has 2 aromatic rings. The summed E-state index contributed by atoms with van der Waals surface area (Å²) in [6.07, 6.45) is 0. The summed E-state index contributed by atoms with van der Waals surface area (Å²) in [6, 6.07) is 9.64. The van der Waals surface area contributed by atoms with Crippen molar-refractivity contribution in [2.45, 2.75) is 13.5 Å². The maximum absolute atomic E-state index is 5.12. The highest BCUT2D eigenvalue weighted by atomic mass is 16.5. The molecule has 1 aromatic carbocycles. The molecule has 0 aliphatic rings. The van der Waals surface area contributed by atoms with Crippen molar-refractivity contribution in [1.82, 2.24) is 9.97 Å². The van der Waals surface area contributed by atoms with Crippen molar-refractivity contribution in [3.63, 3.8) is 0 Å². The van der Waals surface area contributed by atoms with Crippen molar-refractivity contribution in [2.75, 3.05) is 19.5 Å². The Bertz CT molecular complexity index is 541. The summed E-state index contributed by atoms with van der Waals surface area (Å²) < 4.78 is 10.2. The first kappa shape index (κ1) is 13.1. The highest BCUT2D eigenvalue weighted by Crippen LogP contribution is 2.14. The summed E-state index contributed by atoms with van der Waals surface area (Å²) in [7, 11) is 3.25. The standard InChI is InChI=1S/C14H17N3O2/c1-10-8-13(19-3)17-14(16-10)15-9-11-4-6-12(18-2)7-5-11/h4-8H,9H2,1-3H3,(H,15,16,17). The molecule has 1 aromatic heterocycles. The Morgan fingerprint density at radius 3 is 2.42 bits per heavy atom. The molecule has 0 spiro atoms. The number of anilines is 1. The van der Waals surface area contributed by atoms with Gasteiger partial charge in [0, 0.05) is 18.3 Å². The number of rotatable bonds is 5. The van der Waals surface area contributed by atoms with E-state index in [1.54, 1.807) is 20.3 Å². The van der Waals surface area contributed by atoms with Crippen LogP contribution in [-0.2, 0) is 6.54 Å². The third-order valence-electron chi connectivity index (χ3n) is 2.65. The number of hydrogen-bond acceptors (Lipinski definition) is 5. The highest BCUT2D eigenvalue weighted by Gasteiger charge is 2.02. The molecule has 1 heterocycles. The van der Waals surface area contributed by atoms with Gasteiger partial charge in [0.25, 0.3) is 0 Å². The molecule has 1 N–H and O–H groups in total. The largest absolute Gasteiger partial charge is 0.497 e. The molecule has 0 unspecified atom stereocenters. The Hall–Kier alpha value is -2.30. The molecule has 0 saturated carbocycles. The van der Waals surface area contributed by atoms with Gasteiger partial charge in [-0.3, -0.25) is 0 Å². The molecule has 0 saturated heterocycles. The minimum absolute atomic E-state index is 0.560. The summed E-state index contributed by atoms with van der Waals surface area (Å²) in [5.41, 5.74) is 1.99. The summed E-state index contributed by atoms with van der Waals surface area (Å²) in [5.74, 6) is 1.97. The van der Waals surface area contributed by atoms with E-state index in [0.717, 1.165) is 17.0 Å².